The molecule has 2 aromatic carbocycles. The fraction of sp³-hybridized carbons (Fsp3) is 0.182. The zero-order valence-electron chi connectivity index (χ0n) is 15.8. The molecule has 0 saturated heterocycles. The predicted molar refractivity (Wildman–Crippen MR) is 111 cm³/mol. The van der Waals surface area contributed by atoms with Gasteiger partial charge in [-0.05, 0) is 43.2 Å². The Hall–Kier alpha value is -2.56. The lowest BCUT2D eigenvalue weighted by Crippen LogP contribution is -2.24. The van der Waals surface area contributed by atoms with E-state index in [1.165, 1.54) is 7.11 Å². The second kappa shape index (κ2) is 8.21. The second-order valence-corrected chi connectivity index (χ2v) is 7.40. The number of methoxy groups -OCH3 is 1. The zero-order valence-corrected chi connectivity index (χ0v) is 17.3. The van der Waals surface area contributed by atoms with E-state index in [1.54, 1.807) is 36.1 Å². The number of allylic oxidation sites excluding steroid dienone is 1. The van der Waals surface area contributed by atoms with Gasteiger partial charge in [0.05, 0.1) is 24.8 Å². The summed E-state index contributed by atoms with van der Waals surface area (Å²) in [5, 5.41) is 0.887. The first-order valence-electron chi connectivity index (χ1n) is 8.65. The molecule has 1 aliphatic heterocycles. The Labute approximate surface area is 174 Å². The van der Waals surface area contributed by atoms with Crippen LogP contribution in [0.5, 0.6) is 0 Å². The summed E-state index contributed by atoms with van der Waals surface area (Å²) < 4.78 is 4.91. The number of ether oxygens (including phenoxy) is 1. The van der Waals surface area contributed by atoms with Crippen LogP contribution < -0.4 is 0 Å². The highest BCUT2D eigenvalue weighted by Crippen LogP contribution is 2.34. The molecule has 4 nitrogen and oxygen atoms in total. The van der Waals surface area contributed by atoms with Crippen molar-refractivity contribution in [2.45, 2.75) is 20.4 Å². The van der Waals surface area contributed by atoms with Crippen LogP contribution in [-0.2, 0) is 20.9 Å². The van der Waals surface area contributed by atoms with Crippen LogP contribution in [0.3, 0.4) is 0 Å². The first kappa shape index (κ1) is 20.2. The summed E-state index contributed by atoms with van der Waals surface area (Å²) in [6.07, 6.45) is 1.60. The van der Waals surface area contributed by atoms with E-state index in [9.17, 15) is 9.59 Å². The average Bonchev–Trinajstić information content (AvgIpc) is 2.89. The fourth-order valence-electron chi connectivity index (χ4n) is 3.07. The van der Waals surface area contributed by atoms with Gasteiger partial charge in [0.15, 0.2) is 0 Å². The van der Waals surface area contributed by atoms with Crippen LogP contribution >= 0.6 is 23.2 Å². The molecule has 6 heteroatoms. The highest BCUT2D eigenvalue weighted by atomic mass is 35.5. The number of esters is 1. The zero-order chi connectivity index (χ0) is 20.4. The lowest BCUT2D eigenvalue weighted by Gasteiger charge is -2.18. The summed E-state index contributed by atoms with van der Waals surface area (Å²) in [6.45, 7) is 4.10. The molecule has 0 aromatic heterocycles. The van der Waals surface area contributed by atoms with Crippen LogP contribution in [0.1, 0.15) is 23.6 Å². The molecule has 0 saturated carbocycles. The van der Waals surface area contributed by atoms with Crippen LogP contribution in [-0.4, -0.2) is 23.9 Å². The van der Waals surface area contributed by atoms with Crippen molar-refractivity contribution < 1.29 is 14.3 Å². The number of carbonyl (C=O) groups excluding carboxylic acids is 2. The van der Waals surface area contributed by atoms with Gasteiger partial charge in [-0.3, -0.25) is 4.79 Å². The molecule has 2 aromatic rings. The Morgan fingerprint density at radius 1 is 1.11 bits per heavy atom. The summed E-state index contributed by atoms with van der Waals surface area (Å²) in [5.74, 6) is -0.835. The van der Waals surface area contributed by atoms with E-state index in [2.05, 4.69) is 0 Å². The Bertz CT molecular complexity index is 1010. The van der Waals surface area contributed by atoms with Crippen LogP contribution in [0, 0.1) is 6.92 Å². The molecule has 0 bridgehead atoms. The largest absolute Gasteiger partial charge is 0.465 e. The molecule has 0 unspecified atom stereocenters. The molecule has 1 amide bonds. The number of benzene rings is 2. The Morgan fingerprint density at radius 3 is 2.39 bits per heavy atom. The lowest BCUT2D eigenvalue weighted by atomic mass is 10.0. The van der Waals surface area contributed by atoms with Crippen molar-refractivity contribution in [3.8, 4) is 0 Å². The molecule has 3 rings (SSSR count). The maximum Gasteiger partial charge on any atom is 0.340 e. The van der Waals surface area contributed by atoms with Gasteiger partial charge in [-0.15, -0.1) is 0 Å². The van der Waals surface area contributed by atoms with Gasteiger partial charge in [-0.2, -0.15) is 0 Å². The van der Waals surface area contributed by atoms with Gasteiger partial charge in [-0.1, -0.05) is 59.1 Å². The summed E-state index contributed by atoms with van der Waals surface area (Å²) in [5.41, 5.74) is 3.74. The Balaban J connectivity index is 2.04. The number of carbonyl (C=O) groups is 2. The van der Waals surface area contributed by atoms with Gasteiger partial charge in [0.1, 0.15) is 0 Å². The molecule has 0 fully saturated rings. The molecule has 0 N–H and O–H groups in total. The molecule has 1 aliphatic rings. The minimum atomic E-state index is -0.561. The number of halogens is 2. The first-order valence-corrected chi connectivity index (χ1v) is 9.41. The number of nitrogens with zero attached hydrogens (tertiary/aromatic N) is 1. The van der Waals surface area contributed by atoms with Gasteiger partial charge in [0, 0.05) is 15.7 Å². The molecule has 1 heterocycles. The average molecular weight is 416 g/mol. The molecule has 0 radical (unpaired) electrons. The fourth-order valence-corrected chi connectivity index (χ4v) is 3.53. The number of rotatable bonds is 4. The van der Waals surface area contributed by atoms with Crippen LogP contribution in [0.2, 0.25) is 10.0 Å². The third-order valence-corrected chi connectivity index (χ3v) is 5.19. The highest BCUT2D eigenvalue weighted by molar-refractivity contribution is 6.35. The molecular weight excluding hydrogens is 397 g/mol. The van der Waals surface area contributed by atoms with Crippen LogP contribution in [0.25, 0.3) is 6.08 Å². The van der Waals surface area contributed by atoms with E-state index >= 15 is 0 Å². The van der Waals surface area contributed by atoms with Gasteiger partial charge < -0.3 is 9.64 Å². The van der Waals surface area contributed by atoms with E-state index in [1.807, 2.05) is 31.2 Å². The lowest BCUT2D eigenvalue weighted by molar-refractivity contribution is -0.136. The van der Waals surface area contributed by atoms with Crippen molar-refractivity contribution in [1.29, 1.82) is 0 Å². The molecule has 0 atom stereocenters. The quantitative estimate of drug-likeness (QED) is 0.510. The standard InChI is InChI=1S/C22H19Cl2NO3/c1-13-4-6-15(7-5-13)12-25-14(2)20(22(27)28-3)18(21(25)26)10-16-8-9-17(23)11-19(16)24/h4-11H,12H2,1-3H3/b18-10-. The van der Waals surface area contributed by atoms with Gasteiger partial charge >= 0.3 is 5.97 Å². The number of aryl methyl sites for hydroxylation is 1. The van der Waals surface area contributed by atoms with E-state index < -0.39 is 5.97 Å². The minimum absolute atomic E-state index is 0.241. The highest BCUT2D eigenvalue weighted by Gasteiger charge is 2.37. The molecule has 28 heavy (non-hydrogen) atoms. The van der Waals surface area contributed by atoms with E-state index in [0.29, 0.717) is 27.9 Å². The van der Waals surface area contributed by atoms with Gasteiger partial charge in [0.2, 0.25) is 0 Å². The number of hydrogen-bond acceptors (Lipinski definition) is 3. The maximum absolute atomic E-state index is 13.1. The molecule has 0 aliphatic carbocycles. The topological polar surface area (TPSA) is 46.6 Å². The van der Waals surface area contributed by atoms with Crippen molar-refractivity contribution in [3.63, 3.8) is 0 Å². The SMILES string of the molecule is COC(=O)C1=C(C)N(Cc2ccc(C)cc2)C(=O)/C1=C\c1ccc(Cl)cc1Cl. The molecular formula is C22H19Cl2NO3. The van der Waals surface area contributed by atoms with Crippen LogP contribution in [0.15, 0.2) is 59.3 Å². The van der Waals surface area contributed by atoms with Crippen molar-refractivity contribution in [2.75, 3.05) is 7.11 Å². The monoisotopic (exact) mass is 415 g/mol. The molecule has 144 valence electrons. The first-order chi connectivity index (χ1) is 13.3. The minimum Gasteiger partial charge on any atom is -0.465 e. The van der Waals surface area contributed by atoms with Crippen molar-refractivity contribution in [1.82, 2.24) is 4.90 Å². The Kier molecular flexibility index (Phi) is 5.92. The van der Waals surface area contributed by atoms with E-state index in [-0.39, 0.29) is 17.1 Å². The number of amides is 1. The predicted octanol–water partition coefficient (Wildman–Crippen LogP) is 5.17. The van der Waals surface area contributed by atoms with E-state index in [4.69, 9.17) is 27.9 Å². The van der Waals surface area contributed by atoms with Crippen molar-refractivity contribution in [2.24, 2.45) is 0 Å². The molecule has 0 spiro atoms. The van der Waals surface area contributed by atoms with E-state index in [0.717, 1.165) is 11.1 Å². The smallest absolute Gasteiger partial charge is 0.340 e. The summed E-state index contributed by atoms with van der Waals surface area (Å²) in [7, 11) is 1.29. The second-order valence-electron chi connectivity index (χ2n) is 6.55. The summed E-state index contributed by atoms with van der Waals surface area (Å²) in [6, 6.07) is 12.9. The van der Waals surface area contributed by atoms with Gasteiger partial charge in [-0.25, -0.2) is 4.79 Å². The maximum atomic E-state index is 13.1. The normalized spacial score (nSPS) is 15.5. The summed E-state index contributed by atoms with van der Waals surface area (Å²) in [4.78, 5) is 27.1. The van der Waals surface area contributed by atoms with Crippen molar-refractivity contribution in [3.05, 3.63) is 86.0 Å². The summed E-state index contributed by atoms with van der Waals surface area (Å²) >= 11 is 12.2. The van der Waals surface area contributed by atoms with Gasteiger partial charge in [0.25, 0.3) is 5.91 Å². The number of hydrogen-bond donors (Lipinski definition) is 0. The third kappa shape index (κ3) is 3.98. The van der Waals surface area contributed by atoms with Crippen molar-refractivity contribution >= 4 is 41.2 Å². The Morgan fingerprint density at radius 2 is 1.79 bits per heavy atom. The van der Waals surface area contributed by atoms with Crippen LogP contribution in [0.4, 0.5) is 0 Å². The third-order valence-electron chi connectivity index (χ3n) is 4.62.